The number of piperidine rings is 1. The molecule has 0 aliphatic carbocycles. The van der Waals surface area contributed by atoms with Crippen molar-refractivity contribution >= 4 is 5.78 Å². The van der Waals surface area contributed by atoms with Gasteiger partial charge in [0.25, 0.3) is 0 Å². The van der Waals surface area contributed by atoms with Gasteiger partial charge in [-0.25, -0.2) is 4.98 Å². The quantitative estimate of drug-likeness (QED) is 0.921. The van der Waals surface area contributed by atoms with E-state index >= 15 is 0 Å². The van der Waals surface area contributed by atoms with E-state index in [1.54, 1.807) is 12.5 Å². The van der Waals surface area contributed by atoms with Crippen molar-refractivity contribution in [3.63, 3.8) is 0 Å². The molecule has 4 rings (SSSR count). The summed E-state index contributed by atoms with van der Waals surface area (Å²) in [4.78, 5) is 16.6. The Morgan fingerprint density at radius 1 is 1.32 bits per heavy atom. The third kappa shape index (κ3) is 2.41. The van der Waals surface area contributed by atoms with Crippen LogP contribution in [0.4, 0.5) is 0 Å². The summed E-state index contributed by atoms with van der Waals surface area (Å²) in [5.74, 6) is 0.947. The zero-order chi connectivity index (χ0) is 15.0. The maximum atomic E-state index is 12.6. The van der Waals surface area contributed by atoms with Crippen molar-refractivity contribution in [3.8, 4) is 5.75 Å². The summed E-state index contributed by atoms with van der Waals surface area (Å²) >= 11 is 0. The van der Waals surface area contributed by atoms with Crippen LogP contribution in [-0.2, 0) is 6.54 Å². The maximum absolute atomic E-state index is 12.6. The molecule has 22 heavy (non-hydrogen) atoms. The molecule has 0 bridgehead atoms. The number of fused-ring (bicyclic) bond motifs is 1. The fourth-order valence-corrected chi connectivity index (χ4v) is 3.39. The summed E-state index contributed by atoms with van der Waals surface area (Å²) in [6.45, 7) is 2.55. The third-order valence-electron chi connectivity index (χ3n) is 4.59. The lowest BCUT2D eigenvalue weighted by molar-refractivity contribution is 0.0187. The van der Waals surface area contributed by atoms with Gasteiger partial charge in [-0.1, -0.05) is 6.07 Å². The summed E-state index contributed by atoms with van der Waals surface area (Å²) < 4.78 is 8.23. The second kappa shape index (κ2) is 5.25. The molecule has 1 spiro atoms. The van der Waals surface area contributed by atoms with Gasteiger partial charge in [-0.05, 0) is 30.8 Å². The van der Waals surface area contributed by atoms with E-state index in [1.807, 2.05) is 29.0 Å². The first-order chi connectivity index (χ1) is 10.7. The van der Waals surface area contributed by atoms with Gasteiger partial charge in [-0.3, -0.25) is 4.79 Å². The Bertz CT molecular complexity index is 688. The highest BCUT2D eigenvalue weighted by molar-refractivity contribution is 6.00. The molecule has 5 nitrogen and oxygen atoms in total. The fraction of sp³-hybridized carbons (Fsp3) is 0.412. The monoisotopic (exact) mass is 297 g/mol. The molecule has 0 radical (unpaired) electrons. The fourth-order valence-electron chi connectivity index (χ4n) is 3.39. The first-order valence-electron chi connectivity index (χ1n) is 7.76. The van der Waals surface area contributed by atoms with Crippen molar-refractivity contribution in [1.29, 1.82) is 0 Å². The summed E-state index contributed by atoms with van der Waals surface area (Å²) in [6, 6.07) is 5.94. The molecule has 3 heterocycles. The minimum atomic E-state index is -0.290. The Balaban J connectivity index is 1.61. The number of hydrogen-bond acceptors (Lipinski definition) is 4. The molecular weight excluding hydrogens is 278 g/mol. The highest BCUT2D eigenvalue weighted by Gasteiger charge is 2.41. The van der Waals surface area contributed by atoms with Gasteiger partial charge in [0.2, 0.25) is 0 Å². The number of carbonyl (C=O) groups excluding carboxylic acids is 1. The lowest BCUT2D eigenvalue weighted by atomic mass is 9.83. The third-order valence-corrected chi connectivity index (χ3v) is 4.59. The number of rotatable bonds is 2. The molecule has 0 atom stereocenters. The molecule has 5 heteroatoms. The standard InChI is InChI=1S/C17H19N3O2/c21-15-10-17(3-5-18-6-4-17)22-16-2-1-13(9-14(15)16)11-20-8-7-19-12-20/h1-2,7-9,12,18H,3-6,10-11H2. The van der Waals surface area contributed by atoms with E-state index in [9.17, 15) is 4.79 Å². The topological polar surface area (TPSA) is 56.1 Å². The van der Waals surface area contributed by atoms with E-state index < -0.39 is 0 Å². The van der Waals surface area contributed by atoms with E-state index in [1.165, 1.54) is 0 Å². The number of imidazole rings is 1. The summed E-state index contributed by atoms with van der Waals surface area (Å²) in [5.41, 5.74) is 1.53. The number of benzene rings is 1. The molecule has 0 amide bonds. The van der Waals surface area contributed by atoms with Gasteiger partial charge >= 0.3 is 0 Å². The Morgan fingerprint density at radius 2 is 2.18 bits per heavy atom. The van der Waals surface area contributed by atoms with Gasteiger partial charge in [0.1, 0.15) is 11.4 Å². The highest BCUT2D eigenvalue weighted by atomic mass is 16.5. The van der Waals surface area contributed by atoms with Crippen molar-refractivity contribution in [2.45, 2.75) is 31.4 Å². The molecule has 1 fully saturated rings. The maximum Gasteiger partial charge on any atom is 0.170 e. The second-order valence-corrected chi connectivity index (χ2v) is 6.20. The zero-order valence-corrected chi connectivity index (χ0v) is 12.4. The van der Waals surface area contributed by atoms with Gasteiger partial charge in [0.05, 0.1) is 18.3 Å². The van der Waals surface area contributed by atoms with Crippen LogP contribution in [0.2, 0.25) is 0 Å². The molecule has 1 aromatic carbocycles. The van der Waals surface area contributed by atoms with Gasteiger partial charge in [0.15, 0.2) is 5.78 Å². The molecule has 1 saturated heterocycles. The minimum absolute atomic E-state index is 0.204. The van der Waals surface area contributed by atoms with E-state index in [0.29, 0.717) is 6.42 Å². The zero-order valence-electron chi connectivity index (χ0n) is 12.4. The van der Waals surface area contributed by atoms with E-state index in [-0.39, 0.29) is 11.4 Å². The molecule has 2 aliphatic rings. The van der Waals surface area contributed by atoms with Crippen LogP contribution in [0.1, 0.15) is 35.2 Å². The number of nitrogens with zero attached hydrogens (tertiary/aromatic N) is 2. The molecule has 2 aliphatic heterocycles. The number of carbonyl (C=O) groups is 1. The molecular formula is C17H19N3O2. The van der Waals surface area contributed by atoms with Crippen LogP contribution >= 0.6 is 0 Å². The predicted octanol–water partition coefficient (Wildman–Crippen LogP) is 2.02. The molecule has 1 aromatic heterocycles. The van der Waals surface area contributed by atoms with Gasteiger partial charge in [-0.2, -0.15) is 0 Å². The van der Waals surface area contributed by atoms with Gasteiger partial charge < -0.3 is 14.6 Å². The Hall–Kier alpha value is -2.14. The highest BCUT2D eigenvalue weighted by Crippen LogP contribution is 2.38. The summed E-state index contributed by atoms with van der Waals surface area (Å²) in [7, 11) is 0. The number of nitrogens with one attached hydrogen (secondary N) is 1. The van der Waals surface area contributed by atoms with Crippen LogP contribution < -0.4 is 10.1 Å². The minimum Gasteiger partial charge on any atom is -0.486 e. The second-order valence-electron chi connectivity index (χ2n) is 6.20. The molecule has 1 N–H and O–H groups in total. The van der Waals surface area contributed by atoms with Crippen molar-refractivity contribution in [1.82, 2.24) is 14.9 Å². The average Bonchev–Trinajstić information content (AvgIpc) is 3.02. The summed E-state index contributed by atoms with van der Waals surface area (Å²) in [6.07, 6.45) is 7.75. The number of ether oxygens (including phenoxy) is 1. The van der Waals surface area contributed by atoms with Crippen LogP contribution in [0.3, 0.4) is 0 Å². The molecule has 0 unspecified atom stereocenters. The smallest absolute Gasteiger partial charge is 0.170 e. The van der Waals surface area contributed by atoms with Gasteiger partial charge in [-0.15, -0.1) is 0 Å². The molecule has 114 valence electrons. The van der Waals surface area contributed by atoms with E-state index in [0.717, 1.165) is 49.4 Å². The van der Waals surface area contributed by atoms with Crippen LogP contribution in [-0.4, -0.2) is 34.0 Å². The Labute approximate surface area is 129 Å². The van der Waals surface area contributed by atoms with E-state index in [4.69, 9.17) is 4.74 Å². The van der Waals surface area contributed by atoms with Crippen molar-refractivity contribution in [2.24, 2.45) is 0 Å². The number of aromatic nitrogens is 2. The first-order valence-corrected chi connectivity index (χ1v) is 7.76. The number of Topliss-reactive ketones (excluding diaryl/α,β-unsaturated/α-hetero) is 1. The first kappa shape index (κ1) is 13.5. The van der Waals surface area contributed by atoms with Crippen molar-refractivity contribution < 1.29 is 9.53 Å². The SMILES string of the molecule is O=C1CC2(CCNCC2)Oc2ccc(Cn3ccnc3)cc21. The van der Waals surface area contributed by atoms with Crippen molar-refractivity contribution in [3.05, 3.63) is 48.0 Å². The lowest BCUT2D eigenvalue weighted by Crippen LogP contribution is -2.49. The van der Waals surface area contributed by atoms with Crippen LogP contribution in [0.5, 0.6) is 5.75 Å². The summed E-state index contributed by atoms with van der Waals surface area (Å²) in [5, 5.41) is 3.33. The van der Waals surface area contributed by atoms with Crippen LogP contribution in [0.15, 0.2) is 36.9 Å². The van der Waals surface area contributed by atoms with Gasteiger partial charge in [0, 0.05) is 31.8 Å². The largest absolute Gasteiger partial charge is 0.486 e. The van der Waals surface area contributed by atoms with Crippen LogP contribution in [0.25, 0.3) is 0 Å². The predicted molar refractivity (Wildman–Crippen MR) is 82.2 cm³/mol. The van der Waals surface area contributed by atoms with Crippen molar-refractivity contribution in [2.75, 3.05) is 13.1 Å². The number of hydrogen-bond donors (Lipinski definition) is 1. The lowest BCUT2D eigenvalue weighted by Gasteiger charge is -2.41. The normalized spacial score (nSPS) is 19.7. The number of ketones is 1. The molecule has 0 saturated carbocycles. The van der Waals surface area contributed by atoms with Crippen LogP contribution in [0, 0.1) is 0 Å². The Morgan fingerprint density at radius 3 is 2.95 bits per heavy atom. The van der Waals surface area contributed by atoms with E-state index in [2.05, 4.69) is 10.3 Å². The Kier molecular flexibility index (Phi) is 3.22. The average molecular weight is 297 g/mol. The molecule has 2 aromatic rings.